The van der Waals surface area contributed by atoms with Crippen LogP contribution in [0.25, 0.3) is 5.65 Å². The van der Waals surface area contributed by atoms with Gasteiger partial charge in [0, 0.05) is 6.20 Å². The van der Waals surface area contributed by atoms with E-state index in [0.29, 0.717) is 10.7 Å². The molecule has 7 heteroatoms. The maximum atomic E-state index is 12.2. The topological polar surface area (TPSA) is 68.4 Å². The van der Waals surface area contributed by atoms with Gasteiger partial charge >= 0.3 is 5.69 Å². The van der Waals surface area contributed by atoms with Crippen LogP contribution in [0.1, 0.15) is 24.1 Å². The van der Waals surface area contributed by atoms with Crippen molar-refractivity contribution in [1.82, 2.24) is 19.5 Å². The van der Waals surface area contributed by atoms with Crippen molar-refractivity contribution in [2.24, 2.45) is 0 Å². The average molecular weight is 345 g/mol. The van der Waals surface area contributed by atoms with Gasteiger partial charge in [-0.05, 0) is 31.5 Å². The van der Waals surface area contributed by atoms with Gasteiger partial charge in [0.15, 0.2) is 5.65 Å². The Kier molecular flexibility index (Phi) is 4.40. The van der Waals surface area contributed by atoms with Crippen molar-refractivity contribution in [3.05, 3.63) is 69.2 Å². The fourth-order valence-electron chi connectivity index (χ4n) is 2.47. The highest BCUT2D eigenvalue weighted by Gasteiger charge is 2.14. The highest BCUT2D eigenvalue weighted by atomic mass is 35.5. The van der Waals surface area contributed by atoms with Crippen LogP contribution in [0.4, 0.5) is 0 Å². The lowest BCUT2D eigenvalue weighted by atomic mass is 10.1. The number of aromatic nitrogens is 3. The van der Waals surface area contributed by atoms with Crippen molar-refractivity contribution < 1.29 is 4.79 Å². The summed E-state index contributed by atoms with van der Waals surface area (Å²) in [6.07, 6.45) is 1.57. The summed E-state index contributed by atoms with van der Waals surface area (Å²) in [5, 5.41) is 7.35. The predicted molar refractivity (Wildman–Crippen MR) is 92.2 cm³/mol. The number of hydrogen-bond acceptors (Lipinski definition) is 3. The molecule has 0 bridgehead atoms. The van der Waals surface area contributed by atoms with Crippen molar-refractivity contribution in [2.75, 3.05) is 0 Å². The molecule has 124 valence electrons. The van der Waals surface area contributed by atoms with Crippen molar-refractivity contribution in [3.63, 3.8) is 0 Å². The second kappa shape index (κ2) is 6.49. The Bertz CT molecular complexity index is 943. The molecule has 24 heavy (non-hydrogen) atoms. The minimum absolute atomic E-state index is 0.158. The first-order valence-corrected chi connectivity index (χ1v) is 7.93. The number of benzene rings is 1. The summed E-state index contributed by atoms with van der Waals surface area (Å²) in [6, 6.07) is 11.1. The standard InChI is InChI=1S/C17H17ClN4O2/c1-11-5-7-13(8-6-11)12(2)19-15(23)10-22-17(24)21-9-3-4-14(18)16(21)20-22/h3-9,12H,10H2,1-2H3,(H,19,23)/t12-/m0/s1. The Labute approximate surface area is 143 Å². The first kappa shape index (κ1) is 16.3. The normalized spacial score (nSPS) is 12.3. The van der Waals surface area contributed by atoms with Crippen LogP contribution in [-0.4, -0.2) is 20.1 Å². The molecule has 0 fully saturated rings. The van der Waals surface area contributed by atoms with Gasteiger partial charge in [-0.2, -0.15) is 0 Å². The molecule has 6 nitrogen and oxygen atoms in total. The van der Waals surface area contributed by atoms with E-state index in [9.17, 15) is 9.59 Å². The van der Waals surface area contributed by atoms with Crippen LogP contribution in [0.2, 0.25) is 5.02 Å². The fourth-order valence-corrected chi connectivity index (χ4v) is 2.67. The van der Waals surface area contributed by atoms with E-state index in [0.717, 1.165) is 15.8 Å². The molecule has 2 aromatic heterocycles. The summed E-state index contributed by atoms with van der Waals surface area (Å²) in [7, 11) is 0. The molecule has 0 aliphatic heterocycles. The molecule has 0 radical (unpaired) electrons. The molecule has 0 spiro atoms. The molecule has 3 aromatic rings. The molecule has 0 aliphatic carbocycles. The Morgan fingerprint density at radius 3 is 2.67 bits per heavy atom. The van der Waals surface area contributed by atoms with Gasteiger partial charge in [0.2, 0.25) is 5.91 Å². The number of nitrogens with one attached hydrogen (secondary N) is 1. The highest BCUT2D eigenvalue weighted by molar-refractivity contribution is 6.33. The van der Waals surface area contributed by atoms with Gasteiger partial charge in [-0.15, -0.1) is 5.10 Å². The van der Waals surface area contributed by atoms with Crippen LogP contribution in [0, 0.1) is 6.92 Å². The minimum atomic E-state index is -0.398. The number of fused-ring (bicyclic) bond motifs is 1. The van der Waals surface area contributed by atoms with E-state index in [4.69, 9.17) is 11.6 Å². The van der Waals surface area contributed by atoms with Crippen molar-refractivity contribution in [2.45, 2.75) is 26.4 Å². The van der Waals surface area contributed by atoms with E-state index in [1.54, 1.807) is 18.3 Å². The average Bonchev–Trinajstić information content (AvgIpc) is 2.86. The van der Waals surface area contributed by atoms with Crippen LogP contribution in [-0.2, 0) is 11.3 Å². The molecule has 1 amide bonds. The zero-order chi connectivity index (χ0) is 17.3. The van der Waals surface area contributed by atoms with Gasteiger partial charge in [-0.3, -0.25) is 4.79 Å². The lowest BCUT2D eigenvalue weighted by Gasteiger charge is -2.14. The second-order valence-electron chi connectivity index (χ2n) is 5.69. The third-order valence-electron chi connectivity index (χ3n) is 3.81. The number of hydrogen-bond donors (Lipinski definition) is 1. The summed E-state index contributed by atoms with van der Waals surface area (Å²) >= 11 is 6.02. The van der Waals surface area contributed by atoms with E-state index in [1.165, 1.54) is 4.40 Å². The molecular formula is C17H17ClN4O2. The molecule has 0 saturated heterocycles. The third kappa shape index (κ3) is 3.19. The molecule has 2 heterocycles. The van der Waals surface area contributed by atoms with Gasteiger partial charge in [0.25, 0.3) is 0 Å². The smallest absolute Gasteiger partial charge is 0.348 e. The van der Waals surface area contributed by atoms with E-state index in [2.05, 4.69) is 10.4 Å². The Balaban J connectivity index is 1.75. The van der Waals surface area contributed by atoms with Gasteiger partial charge < -0.3 is 5.32 Å². The van der Waals surface area contributed by atoms with E-state index in [1.807, 2.05) is 38.1 Å². The Morgan fingerprint density at radius 2 is 2.00 bits per heavy atom. The van der Waals surface area contributed by atoms with Crippen LogP contribution >= 0.6 is 11.6 Å². The number of aryl methyl sites for hydroxylation is 1. The van der Waals surface area contributed by atoms with Crippen molar-refractivity contribution in [1.29, 1.82) is 0 Å². The van der Waals surface area contributed by atoms with Gasteiger partial charge in [0.1, 0.15) is 6.54 Å². The SMILES string of the molecule is Cc1ccc([C@H](C)NC(=O)Cn2nc3c(Cl)cccn3c2=O)cc1. The summed E-state index contributed by atoms with van der Waals surface area (Å²) < 4.78 is 2.43. The zero-order valence-corrected chi connectivity index (χ0v) is 14.1. The van der Waals surface area contributed by atoms with Crippen molar-refractivity contribution in [3.8, 4) is 0 Å². The van der Waals surface area contributed by atoms with Crippen molar-refractivity contribution >= 4 is 23.2 Å². The molecular weight excluding hydrogens is 328 g/mol. The Hall–Kier alpha value is -2.60. The predicted octanol–water partition coefficient (Wildman–Crippen LogP) is 2.34. The third-order valence-corrected chi connectivity index (χ3v) is 4.11. The first-order chi connectivity index (χ1) is 11.5. The first-order valence-electron chi connectivity index (χ1n) is 7.55. The largest absolute Gasteiger partial charge is 0.350 e. The highest BCUT2D eigenvalue weighted by Crippen LogP contribution is 2.14. The zero-order valence-electron chi connectivity index (χ0n) is 13.4. The van der Waals surface area contributed by atoms with Gasteiger partial charge in [-0.25, -0.2) is 13.9 Å². The summed E-state index contributed by atoms with van der Waals surface area (Å²) in [6.45, 7) is 3.74. The fraction of sp³-hybridized carbons (Fsp3) is 0.235. The van der Waals surface area contributed by atoms with E-state index < -0.39 is 5.69 Å². The number of carbonyl (C=O) groups is 1. The Morgan fingerprint density at radius 1 is 1.29 bits per heavy atom. The number of halogens is 1. The molecule has 1 N–H and O–H groups in total. The lowest BCUT2D eigenvalue weighted by Crippen LogP contribution is -2.34. The van der Waals surface area contributed by atoms with Gasteiger partial charge in [0.05, 0.1) is 11.1 Å². The lowest BCUT2D eigenvalue weighted by molar-refractivity contribution is -0.122. The van der Waals surface area contributed by atoms with E-state index in [-0.39, 0.29) is 18.5 Å². The van der Waals surface area contributed by atoms with Crippen LogP contribution in [0.15, 0.2) is 47.4 Å². The second-order valence-corrected chi connectivity index (χ2v) is 6.10. The summed E-state index contributed by atoms with van der Waals surface area (Å²) in [5.74, 6) is -0.287. The van der Waals surface area contributed by atoms with Crippen LogP contribution in [0.5, 0.6) is 0 Å². The number of carbonyl (C=O) groups excluding carboxylic acids is 1. The molecule has 0 unspecified atom stereocenters. The summed E-state index contributed by atoms with van der Waals surface area (Å²) in [5.41, 5.74) is 2.10. The monoisotopic (exact) mass is 344 g/mol. The quantitative estimate of drug-likeness (QED) is 0.789. The maximum absolute atomic E-state index is 12.2. The number of pyridine rings is 1. The number of amides is 1. The van der Waals surface area contributed by atoms with E-state index >= 15 is 0 Å². The number of rotatable bonds is 4. The minimum Gasteiger partial charge on any atom is -0.348 e. The molecule has 0 saturated carbocycles. The maximum Gasteiger partial charge on any atom is 0.350 e. The van der Waals surface area contributed by atoms with Crippen LogP contribution < -0.4 is 11.0 Å². The molecule has 3 rings (SSSR count). The van der Waals surface area contributed by atoms with Gasteiger partial charge in [-0.1, -0.05) is 41.4 Å². The molecule has 1 atom stereocenters. The summed E-state index contributed by atoms with van der Waals surface area (Å²) in [4.78, 5) is 24.5. The molecule has 0 aliphatic rings. The molecule has 1 aromatic carbocycles. The number of nitrogens with zero attached hydrogens (tertiary/aromatic N) is 3. The van der Waals surface area contributed by atoms with Crippen LogP contribution in [0.3, 0.4) is 0 Å².